The van der Waals surface area contributed by atoms with Crippen molar-refractivity contribution in [2.24, 2.45) is 0 Å². The Morgan fingerprint density at radius 2 is 2.11 bits per heavy atom. The number of hydrogen-bond donors (Lipinski definition) is 2. The normalized spacial score (nSPS) is 34.2. The summed E-state index contributed by atoms with van der Waals surface area (Å²) in [6.07, 6.45) is -0.880. The van der Waals surface area contributed by atoms with Gasteiger partial charge in [-0.05, 0) is 24.3 Å². The SMILES string of the molecule is COc1ccc(N2C(=O)[C@]3(O)OC[C@@H](O)[C@H]23)cc1. The molecule has 2 saturated heterocycles. The molecule has 0 spiro atoms. The van der Waals surface area contributed by atoms with Gasteiger partial charge >= 0.3 is 0 Å². The first kappa shape index (κ1) is 11.5. The summed E-state index contributed by atoms with van der Waals surface area (Å²) in [7, 11) is 1.55. The Morgan fingerprint density at radius 3 is 2.72 bits per heavy atom. The third kappa shape index (κ3) is 1.30. The van der Waals surface area contributed by atoms with E-state index in [0.717, 1.165) is 0 Å². The number of carbonyl (C=O) groups excluding carboxylic acids is 1. The maximum absolute atomic E-state index is 11.9. The molecule has 0 aromatic heterocycles. The van der Waals surface area contributed by atoms with Gasteiger partial charge < -0.3 is 19.7 Å². The molecule has 1 aromatic rings. The number of rotatable bonds is 2. The van der Waals surface area contributed by atoms with Crippen LogP contribution in [0.5, 0.6) is 5.75 Å². The zero-order valence-corrected chi connectivity index (χ0v) is 9.74. The molecule has 3 atom stereocenters. The Morgan fingerprint density at radius 1 is 1.44 bits per heavy atom. The highest BCUT2D eigenvalue weighted by Gasteiger charge is 2.68. The molecular weight excluding hydrogens is 238 g/mol. The number of carbonyl (C=O) groups is 1. The number of nitrogens with zero attached hydrogens (tertiary/aromatic N) is 1. The fourth-order valence-electron chi connectivity index (χ4n) is 2.44. The number of anilines is 1. The first-order chi connectivity index (χ1) is 8.58. The van der Waals surface area contributed by atoms with Gasteiger partial charge in [0, 0.05) is 5.69 Å². The van der Waals surface area contributed by atoms with E-state index in [0.29, 0.717) is 11.4 Å². The van der Waals surface area contributed by atoms with Crippen LogP contribution in [-0.2, 0) is 9.53 Å². The predicted octanol–water partition coefficient (Wildman–Crippen LogP) is -0.510. The van der Waals surface area contributed by atoms with Gasteiger partial charge in [-0.1, -0.05) is 0 Å². The predicted molar refractivity (Wildman–Crippen MR) is 61.2 cm³/mol. The van der Waals surface area contributed by atoms with Crippen LogP contribution in [0.15, 0.2) is 24.3 Å². The van der Waals surface area contributed by atoms with Crippen molar-refractivity contribution < 1.29 is 24.5 Å². The van der Waals surface area contributed by atoms with E-state index >= 15 is 0 Å². The zero-order chi connectivity index (χ0) is 12.9. The molecule has 6 heteroatoms. The van der Waals surface area contributed by atoms with E-state index < -0.39 is 23.8 Å². The number of benzene rings is 1. The highest BCUT2D eigenvalue weighted by molar-refractivity contribution is 6.07. The lowest BCUT2D eigenvalue weighted by molar-refractivity contribution is -0.210. The van der Waals surface area contributed by atoms with Crippen LogP contribution < -0.4 is 9.64 Å². The molecule has 2 aliphatic rings. The highest BCUT2D eigenvalue weighted by atomic mass is 16.7. The van der Waals surface area contributed by atoms with Gasteiger partial charge in [-0.15, -0.1) is 0 Å². The minimum absolute atomic E-state index is 0.0421. The summed E-state index contributed by atoms with van der Waals surface area (Å²) in [6.45, 7) is -0.0421. The average molecular weight is 251 g/mol. The van der Waals surface area contributed by atoms with Gasteiger partial charge in [0.2, 0.25) is 0 Å². The monoisotopic (exact) mass is 251 g/mol. The summed E-state index contributed by atoms with van der Waals surface area (Å²) in [5, 5.41) is 19.7. The van der Waals surface area contributed by atoms with Gasteiger partial charge in [0.25, 0.3) is 11.7 Å². The molecule has 0 unspecified atom stereocenters. The maximum Gasteiger partial charge on any atom is 0.290 e. The molecule has 3 rings (SSSR count). The summed E-state index contributed by atoms with van der Waals surface area (Å²) < 4.78 is 9.98. The molecule has 2 aliphatic heterocycles. The fraction of sp³-hybridized carbons (Fsp3) is 0.417. The van der Waals surface area contributed by atoms with Crippen molar-refractivity contribution in [2.45, 2.75) is 17.9 Å². The first-order valence-corrected chi connectivity index (χ1v) is 5.60. The molecule has 0 radical (unpaired) electrons. The van der Waals surface area contributed by atoms with Gasteiger partial charge in [0.05, 0.1) is 13.7 Å². The van der Waals surface area contributed by atoms with E-state index in [4.69, 9.17) is 9.47 Å². The Kier molecular flexibility index (Phi) is 2.34. The molecule has 0 aliphatic carbocycles. The molecule has 1 amide bonds. The summed E-state index contributed by atoms with van der Waals surface area (Å²) in [6, 6.07) is 6.07. The Hall–Kier alpha value is -1.63. The number of β-lactam (4-membered cyclic amide) rings is 1. The van der Waals surface area contributed by atoms with Crippen molar-refractivity contribution in [1.29, 1.82) is 0 Å². The smallest absolute Gasteiger partial charge is 0.290 e. The number of ether oxygens (including phenoxy) is 2. The Bertz CT molecular complexity index is 488. The second-order valence-corrected chi connectivity index (χ2v) is 4.39. The van der Waals surface area contributed by atoms with Crippen molar-refractivity contribution in [2.75, 3.05) is 18.6 Å². The average Bonchev–Trinajstić information content (AvgIpc) is 2.65. The molecule has 18 heavy (non-hydrogen) atoms. The molecule has 2 N–H and O–H groups in total. The van der Waals surface area contributed by atoms with E-state index in [1.54, 1.807) is 31.4 Å². The Balaban J connectivity index is 1.91. The van der Waals surface area contributed by atoms with Crippen molar-refractivity contribution in [1.82, 2.24) is 0 Å². The van der Waals surface area contributed by atoms with Crippen LogP contribution in [0.3, 0.4) is 0 Å². The van der Waals surface area contributed by atoms with E-state index in [-0.39, 0.29) is 6.61 Å². The van der Waals surface area contributed by atoms with Crippen molar-refractivity contribution in [3.05, 3.63) is 24.3 Å². The van der Waals surface area contributed by atoms with Crippen LogP contribution in [-0.4, -0.2) is 47.8 Å². The van der Waals surface area contributed by atoms with E-state index in [1.165, 1.54) is 4.90 Å². The lowest BCUT2D eigenvalue weighted by atomic mass is 9.91. The quantitative estimate of drug-likeness (QED) is 0.692. The summed E-state index contributed by atoms with van der Waals surface area (Å²) in [5.41, 5.74) is 0.597. The number of aliphatic hydroxyl groups excluding tert-OH is 1. The first-order valence-electron chi connectivity index (χ1n) is 5.60. The molecular formula is C12H13NO5. The minimum Gasteiger partial charge on any atom is -0.497 e. The van der Waals surface area contributed by atoms with Crippen LogP contribution in [0.4, 0.5) is 5.69 Å². The standard InChI is InChI=1S/C12H13NO5/c1-17-8-4-2-7(3-5-8)13-10-9(14)6-18-12(10,16)11(13)15/h2-5,9-10,14,16H,6H2,1H3/t9-,10+,12-/m1/s1. The number of fused-ring (bicyclic) bond motifs is 1. The lowest BCUT2D eigenvalue weighted by Crippen LogP contribution is -2.75. The van der Waals surface area contributed by atoms with Crippen molar-refractivity contribution >= 4 is 11.6 Å². The van der Waals surface area contributed by atoms with Crippen LogP contribution in [0, 0.1) is 0 Å². The second-order valence-electron chi connectivity index (χ2n) is 4.39. The molecule has 96 valence electrons. The van der Waals surface area contributed by atoms with Gasteiger partial charge in [0.1, 0.15) is 17.9 Å². The fourth-order valence-corrected chi connectivity index (χ4v) is 2.44. The van der Waals surface area contributed by atoms with Crippen molar-refractivity contribution in [3.63, 3.8) is 0 Å². The lowest BCUT2D eigenvalue weighted by Gasteiger charge is -2.48. The molecule has 0 saturated carbocycles. The maximum atomic E-state index is 11.9. The number of hydrogen-bond acceptors (Lipinski definition) is 5. The molecule has 1 aromatic carbocycles. The van der Waals surface area contributed by atoms with Crippen LogP contribution in [0.25, 0.3) is 0 Å². The van der Waals surface area contributed by atoms with Gasteiger partial charge in [-0.3, -0.25) is 9.69 Å². The summed E-state index contributed by atoms with van der Waals surface area (Å²) in [5.74, 6) is -1.74. The van der Waals surface area contributed by atoms with E-state index in [2.05, 4.69) is 0 Å². The third-order valence-electron chi connectivity index (χ3n) is 3.39. The summed E-state index contributed by atoms with van der Waals surface area (Å²) in [4.78, 5) is 13.2. The topological polar surface area (TPSA) is 79.2 Å². The number of aliphatic hydroxyl groups is 2. The largest absolute Gasteiger partial charge is 0.497 e. The van der Waals surface area contributed by atoms with Gasteiger partial charge in [-0.2, -0.15) is 0 Å². The van der Waals surface area contributed by atoms with E-state index in [9.17, 15) is 15.0 Å². The van der Waals surface area contributed by atoms with Crippen molar-refractivity contribution in [3.8, 4) is 5.75 Å². The number of amides is 1. The second kappa shape index (κ2) is 3.68. The van der Waals surface area contributed by atoms with Gasteiger partial charge in [-0.25, -0.2) is 0 Å². The molecule has 2 fully saturated rings. The highest BCUT2D eigenvalue weighted by Crippen LogP contribution is 2.42. The molecule has 2 heterocycles. The van der Waals surface area contributed by atoms with Gasteiger partial charge in [0.15, 0.2) is 0 Å². The zero-order valence-electron chi connectivity index (χ0n) is 9.74. The molecule has 0 bridgehead atoms. The molecule has 6 nitrogen and oxygen atoms in total. The van der Waals surface area contributed by atoms with Crippen LogP contribution >= 0.6 is 0 Å². The minimum atomic E-state index is -1.86. The van der Waals surface area contributed by atoms with E-state index in [1.807, 2.05) is 0 Å². The summed E-state index contributed by atoms with van der Waals surface area (Å²) >= 11 is 0. The number of methoxy groups -OCH3 is 1. The Labute approximate surface area is 103 Å². The third-order valence-corrected chi connectivity index (χ3v) is 3.39. The van der Waals surface area contributed by atoms with Crippen LogP contribution in [0.1, 0.15) is 0 Å². The van der Waals surface area contributed by atoms with Crippen LogP contribution in [0.2, 0.25) is 0 Å².